The van der Waals surface area contributed by atoms with Crippen LogP contribution in [-0.4, -0.2) is 29.3 Å². The van der Waals surface area contributed by atoms with Gasteiger partial charge in [0.2, 0.25) is 11.8 Å². The van der Waals surface area contributed by atoms with Gasteiger partial charge in [0.1, 0.15) is 5.82 Å². The second-order valence-corrected chi connectivity index (χ2v) is 8.53. The third kappa shape index (κ3) is 3.69. The number of methoxy groups -OCH3 is 1. The molecular formula is C26H19F2N3O4. The zero-order valence-corrected chi connectivity index (χ0v) is 18.5. The van der Waals surface area contributed by atoms with Crippen LogP contribution >= 0.6 is 0 Å². The number of benzene rings is 2. The molecule has 7 nitrogen and oxygen atoms in total. The fourth-order valence-corrected chi connectivity index (χ4v) is 4.38. The highest BCUT2D eigenvalue weighted by Gasteiger charge is 2.53. The molecule has 1 fully saturated rings. The minimum Gasteiger partial charge on any atom is -0.481 e. The summed E-state index contributed by atoms with van der Waals surface area (Å²) in [6, 6.07) is 17.6. The van der Waals surface area contributed by atoms with E-state index < -0.39 is 11.7 Å². The first kappa shape index (κ1) is 21.3. The average molecular weight is 475 g/mol. The first-order valence-electron chi connectivity index (χ1n) is 11.0. The molecule has 2 aliphatic rings. The van der Waals surface area contributed by atoms with Gasteiger partial charge in [-0.25, -0.2) is 9.97 Å². The van der Waals surface area contributed by atoms with Gasteiger partial charge in [0.15, 0.2) is 11.5 Å². The molecule has 0 saturated heterocycles. The molecule has 35 heavy (non-hydrogen) atoms. The molecule has 1 N–H and O–H groups in total. The molecule has 2 aromatic heterocycles. The predicted molar refractivity (Wildman–Crippen MR) is 124 cm³/mol. The van der Waals surface area contributed by atoms with Gasteiger partial charge in [-0.2, -0.15) is 0 Å². The standard InChI is InChI=1S/C26H19F2N3O4/c1-33-22-9-6-16(14-29-22)23-18-5-3-2-4-15(18)12-21(30-23)31-24(32)25(10-11-25)17-7-8-19-20(13-17)35-26(27,28)34-19/h2-9,12-14H,10-11H2,1H3,(H,30,31,32). The summed E-state index contributed by atoms with van der Waals surface area (Å²) in [6.45, 7) is 0. The monoisotopic (exact) mass is 475 g/mol. The van der Waals surface area contributed by atoms with E-state index in [9.17, 15) is 13.6 Å². The fraction of sp³-hybridized carbons (Fsp3) is 0.192. The normalized spacial score (nSPS) is 16.7. The number of amides is 1. The SMILES string of the molecule is COc1ccc(-c2nc(NC(=O)C3(c4ccc5c(c4)OC(F)(F)O5)CC3)cc3ccccc23)cn1. The summed E-state index contributed by atoms with van der Waals surface area (Å²) < 4.78 is 41.1. The van der Waals surface area contributed by atoms with Crippen molar-refractivity contribution in [2.45, 2.75) is 24.6 Å². The van der Waals surface area contributed by atoms with Crippen LogP contribution in [0.25, 0.3) is 22.0 Å². The molecule has 0 atom stereocenters. The first-order valence-corrected chi connectivity index (χ1v) is 11.0. The molecule has 0 unspecified atom stereocenters. The number of alkyl halides is 2. The molecule has 1 aliphatic heterocycles. The Labute approximate surface area is 198 Å². The van der Waals surface area contributed by atoms with Crippen molar-refractivity contribution in [1.82, 2.24) is 9.97 Å². The number of aromatic nitrogens is 2. The molecule has 0 bridgehead atoms. The fourth-order valence-electron chi connectivity index (χ4n) is 4.38. The molecule has 4 aromatic rings. The maximum atomic E-state index is 13.4. The minimum atomic E-state index is -3.71. The third-order valence-corrected chi connectivity index (χ3v) is 6.34. The lowest BCUT2D eigenvalue weighted by atomic mass is 9.94. The highest BCUT2D eigenvalue weighted by molar-refractivity contribution is 6.03. The number of carbonyl (C=O) groups is 1. The van der Waals surface area contributed by atoms with E-state index >= 15 is 0 Å². The number of nitrogens with zero attached hydrogens (tertiary/aromatic N) is 2. The Kier molecular flexibility index (Phi) is 4.64. The van der Waals surface area contributed by atoms with Crippen molar-refractivity contribution in [2.24, 2.45) is 0 Å². The van der Waals surface area contributed by atoms with E-state index in [1.807, 2.05) is 36.4 Å². The Morgan fingerprint density at radius 1 is 1.03 bits per heavy atom. The van der Waals surface area contributed by atoms with Crippen LogP contribution in [0.5, 0.6) is 17.4 Å². The molecule has 0 spiro atoms. The summed E-state index contributed by atoms with van der Waals surface area (Å²) in [5.41, 5.74) is 1.20. The lowest BCUT2D eigenvalue weighted by Gasteiger charge is -2.17. The van der Waals surface area contributed by atoms with Crippen molar-refractivity contribution in [3.63, 3.8) is 0 Å². The quantitative estimate of drug-likeness (QED) is 0.422. The van der Waals surface area contributed by atoms with E-state index in [-0.39, 0.29) is 17.4 Å². The van der Waals surface area contributed by atoms with Gasteiger partial charge in [-0.1, -0.05) is 30.3 Å². The summed E-state index contributed by atoms with van der Waals surface area (Å²) in [7, 11) is 1.55. The van der Waals surface area contributed by atoms with Crippen LogP contribution in [0.2, 0.25) is 0 Å². The number of halogens is 2. The van der Waals surface area contributed by atoms with E-state index in [0.717, 1.165) is 16.3 Å². The van der Waals surface area contributed by atoms with Gasteiger partial charge in [0, 0.05) is 23.2 Å². The van der Waals surface area contributed by atoms with E-state index in [4.69, 9.17) is 9.72 Å². The Morgan fingerprint density at radius 2 is 1.83 bits per heavy atom. The molecule has 2 aromatic carbocycles. The largest absolute Gasteiger partial charge is 0.586 e. The lowest BCUT2D eigenvalue weighted by molar-refractivity contribution is -0.286. The van der Waals surface area contributed by atoms with Gasteiger partial charge in [0.05, 0.1) is 18.2 Å². The van der Waals surface area contributed by atoms with Gasteiger partial charge in [-0.05, 0) is 48.1 Å². The molecule has 176 valence electrons. The molecule has 3 heterocycles. The van der Waals surface area contributed by atoms with Crippen molar-refractivity contribution >= 4 is 22.5 Å². The summed E-state index contributed by atoms with van der Waals surface area (Å²) in [5.74, 6) is 0.482. The van der Waals surface area contributed by atoms with Crippen molar-refractivity contribution < 1.29 is 27.8 Å². The van der Waals surface area contributed by atoms with E-state index in [2.05, 4.69) is 19.8 Å². The van der Waals surface area contributed by atoms with Crippen LogP contribution in [0.3, 0.4) is 0 Å². The highest BCUT2D eigenvalue weighted by atomic mass is 19.3. The maximum Gasteiger partial charge on any atom is 0.586 e. The zero-order chi connectivity index (χ0) is 24.2. The van der Waals surface area contributed by atoms with E-state index in [1.165, 1.54) is 12.1 Å². The van der Waals surface area contributed by atoms with Crippen molar-refractivity contribution in [3.05, 3.63) is 72.4 Å². The van der Waals surface area contributed by atoms with Crippen molar-refractivity contribution in [3.8, 4) is 28.6 Å². The summed E-state index contributed by atoms with van der Waals surface area (Å²) in [6.07, 6.45) is -0.874. The number of hydrogen-bond donors (Lipinski definition) is 1. The summed E-state index contributed by atoms with van der Waals surface area (Å²) in [4.78, 5) is 22.4. The number of fused-ring (bicyclic) bond motifs is 2. The molecule has 9 heteroatoms. The number of anilines is 1. The van der Waals surface area contributed by atoms with Crippen LogP contribution in [0.4, 0.5) is 14.6 Å². The Morgan fingerprint density at radius 3 is 2.57 bits per heavy atom. The van der Waals surface area contributed by atoms with Crippen LogP contribution < -0.4 is 19.5 Å². The van der Waals surface area contributed by atoms with Crippen molar-refractivity contribution in [2.75, 3.05) is 12.4 Å². The van der Waals surface area contributed by atoms with Gasteiger partial charge < -0.3 is 19.5 Å². The number of pyridine rings is 2. The number of nitrogens with one attached hydrogen (secondary N) is 1. The Bertz CT molecular complexity index is 1470. The summed E-state index contributed by atoms with van der Waals surface area (Å²) in [5, 5.41) is 4.75. The topological polar surface area (TPSA) is 82.6 Å². The third-order valence-electron chi connectivity index (χ3n) is 6.34. The van der Waals surface area contributed by atoms with E-state index in [0.29, 0.717) is 35.8 Å². The zero-order valence-electron chi connectivity index (χ0n) is 18.5. The number of rotatable bonds is 5. The first-order chi connectivity index (χ1) is 16.9. The second-order valence-electron chi connectivity index (χ2n) is 8.53. The molecule has 1 amide bonds. The molecule has 0 radical (unpaired) electrons. The molecule has 6 rings (SSSR count). The van der Waals surface area contributed by atoms with Gasteiger partial charge in [-0.3, -0.25) is 4.79 Å². The second kappa shape index (κ2) is 7.63. The van der Waals surface area contributed by atoms with Crippen molar-refractivity contribution in [1.29, 1.82) is 0 Å². The summed E-state index contributed by atoms with van der Waals surface area (Å²) >= 11 is 0. The van der Waals surface area contributed by atoms with Crippen LogP contribution in [0, 0.1) is 0 Å². The molecule has 1 aliphatic carbocycles. The Balaban J connectivity index is 1.33. The van der Waals surface area contributed by atoms with Crippen LogP contribution in [0.1, 0.15) is 18.4 Å². The van der Waals surface area contributed by atoms with Crippen LogP contribution in [0.15, 0.2) is 66.9 Å². The predicted octanol–water partition coefficient (Wildman–Crippen LogP) is 5.30. The number of hydrogen-bond acceptors (Lipinski definition) is 6. The van der Waals surface area contributed by atoms with Gasteiger partial charge in [-0.15, -0.1) is 8.78 Å². The van der Waals surface area contributed by atoms with Gasteiger partial charge >= 0.3 is 6.29 Å². The van der Waals surface area contributed by atoms with Crippen LogP contribution in [-0.2, 0) is 10.2 Å². The number of ether oxygens (including phenoxy) is 3. The molecular weight excluding hydrogens is 456 g/mol. The minimum absolute atomic E-state index is 0.0519. The van der Waals surface area contributed by atoms with E-state index in [1.54, 1.807) is 25.4 Å². The highest BCUT2D eigenvalue weighted by Crippen LogP contribution is 2.52. The lowest BCUT2D eigenvalue weighted by Crippen LogP contribution is -2.28. The Hall–Kier alpha value is -4.27. The van der Waals surface area contributed by atoms with Gasteiger partial charge in [0.25, 0.3) is 0 Å². The molecule has 1 saturated carbocycles. The number of carbonyl (C=O) groups excluding carboxylic acids is 1. The smallest absolute Gasteiger partial charge is 0.481 e. The maximum absolute atomic E-state index is 13.4. The average Bonchev–Trinajstić information content (AvgIpc) is 3.60.